The molecule has 23 heavy (non-hydrogen) atoms. The Labute approximate surface area is 139 Å². The van der Waals surface area contributed by atoms with E-state index in [2.05, 4.69) is 9.39 Å². The van der Waals surface area contributed by atoms with Crippen molar-refractivity contribution in [1.29, 1.82) is 0 Å². The first-order chi connectivity index (χ1) is 10.4. The standard InChI is InChI=1S/C14H26BN3O4S/c1-10-12(17-23(19,20)18(6)7)8-11(9-16-10)15-21-13(2,3)14(4,5)22-15/h11H,8-9H2,1-7H3. The molecule has 0 aromatic rings. The van der Waals surface area contributed by atoms with E-state index in [4.69, 9.17) is 9.31 Å². The third-order valence-electron chi connectivity index (χ3n) is 4.78. The Kier molecular flexibility index (Phi) is 4.80. The SMILES string of the molecule is CC1=NCC(B2OC(C)(C)C(C)(C)O2)CC1=NS(=O)(=O)N(C)C. The van der Waals surface area contributed by atoms with Crippen molar-refractivity contribution in [3.8, 4) is 0 Å². The normalized spacial score (nSPS) is 29.2. The van der Waals surface area contributed by atoms with Gasteiger partial charge in [0.25, 0.3) is 0 Å². The van der Waals surface area contributed by atoms with E-state index in [-0.39, 0.29) is 5.82 Å². The Balaban J connectivity index is 2.22. The van der Waals surface area contributed by atoms with Gasteiger partial charge in [0.1, 0.15) is 0 Å². The maximum Gasteiger partial charge on any atom is 0.463 e. The minimum absolute atomic E-state index is 0.0455. The molecule has 0 amide bonds. The monoisotopic (exact) mass is 343 g/mol. The largest absolute Gasteiger partial charge is 0.463 e. The highest BCUT2D eigenvalue weighted by atomic mass is 32.2. The van der Waals surface area contributed by atoms with Crippen LogP contribution in [0.4, 0.5) is 0 Å². The average molecular weight is 343 g/mol. The summed E-state index contributed by atoms with van der Waals surface area (Å²) in [6.45, 7) is 10.3. The van der Waals surface area contributed by atoms with E-state index in [0.717, 1.165) is 4.31 Å². The van der Waals surface area contributed by atoms with Crippen molar-refractivity contribution in [2.75, 3.05) is 20.6 Å². The summed E-state index contributed by atoms with van der Waals surface area (Å²) in [6.07, 6.45) is 0.471. The first kappa shape index (κ1) is 18.6. The molecule has 130 valence electrons. The van der Waals surface area contributed by atoms with Gasteiger partial charge in [-0.3, -0.25) is 4.99 Å². The maximum atomic E-state index is 12.0. The maximum absolute atomic E-state index is 12.0. The van der Waals surface area contributed by atoms with Gasteiger partial charge >= 0.3 is 17.3 Å². The van der Waals surface area contributed by atoms with Gasteiger partial charge in [0, 0.05) is 26.5 Å². The summed E-state index contributed by atoms with van der Waals surface area (Å²) in [7, 11) is -1.16. The van der Waals surface area contributed by atoms with Crippen LogP contribution < -0.4 is 0 Å². The Hall–Kier alpha value is -0.765. The minimum Gasteiger partial charge on any atom is -0.403 e. The molecule has 2 heterocycles. The Morgan fingerprint density at radius 2 is 1.74 bits per heavy atom. The lowest BCUT2D eigenvalue weighted by molar-refractivity contribution is 0.00578. The van der Waals surface area contributed by atoms with Crippen molar-refractivity contribution < 1.29 is 17.7 Å². The molecule has 1 saturated heterocycles. The highest BCUT2D eigenvalue weighted by Crippen LogP contribution is 2.41. The van der Waals surface area contributed by atoms with Gasteiger partial charge < -0.3 is 9.31 Å². The molecule has 0 spiro atoms. The molecule has 0 bridgehead atoms. The lowest BCUT2D eigenvalue weighted by Crippen LogP contribution is -2.41. The Morgan fingerprint density at radius 3 is 2.22 bits per heavy atom. The fourth-order valence-electron chi connectivity index (χ4n) is 2.39. The second-order valence-corrected chi connectivity index (χ2v) is 9.12. The van der Waals surface area contributed by atoms with E-state index in [0.29, 0.717) is 24.4 Å². The molecular formula is C14H26BN3O4S. The number of aliphatic imine (C=N–C) groups is 1. The average Bonchev–Trinajstić information content (AvgIpc) is 2.60. The van der Waals surface area contributed by atoms with Crippen molar-refractivity contribution in [1.82, 2.24) is 4.31 Å². The summed E-state index contributed by atoms with van der Waals surface area (Å²) in [6, 6.07) is 0. The molecule has 1 unspecified atom stereocenters. The second kappa shape index (κ2) is 5.95. The van der Waals surface area contributed by atoms with Crippen molar-refractivity contribution in [3.63, 3.8) is 0 Å². The van der Waals surface area contributed by atoms with Gasteiger partial charge in [-0.1, -0.05) is 0 Å². The third-order valence-corrected chi connectivity index (χ3v) is 6.15. The first-order valence-corrected chi connectivity index (χ1v) is 9.14. The molecule has 2 aliphatic heterocycles. The molecule has 1 atom stereocenters. The van der Waals surface area contributed by atoms with E-state index in [9.17, 15) is 8.42 Å². The van der Waals surface area contributed by atoms with Gasteiger partial charge in [0.15, 0.2) is 0 Å². The number of hydrogen-bond donors (Lipinski definition) is 0. The Bertz CT molecular complexity index is 624. The van der Waals surface area contributed by atoms with E-state index in [1.165, 1.54) is 14.1 Å². The molecule has 0 radical (unpaired) electrons. The quantitative estimate of drug-likeness (QED) is 0.729. The fraction of sp³-hybridized carbons (Fsp3) is 0.857. The predicted molar refractivity (Wildman–Crippen MR) is 92.5 cm³/mol. The van der Waals surface area contributed by atoms with E-state index in [1.54, 1.807) is 6.92 Å². The van der Waals surface area contributed by atoms with Crippen molar-refractivity contribution in [2.24, 2.45) is 9.39 Å². The molecular weight excluding hydrogens is 317 g/mol. The summed E-state index contributed by atoms with van der Waals surface area (Å²) in [5.41, 5.74) is 0.301. The van der Waals surface area contributed by atoms with Gasteiger partial charge in [-0.2, -0.15) is 17.1 Å². The summed E-state index contributed by atoms with van der Waals surface area (Å²) < 4.78 is 41.1. The summed E-state index contributed by atoms with van der Waals surface area (Å²) in [5.74, 6) is -0.0455. The van der Waals surface area contributed by atoms with Crippen molar-refractivity contribution in [2.45, 2.75) is 58.1 Å². The molecule has 1 fully saturated rings. The van der Waals surface area contributed by atoms with Crippen LogP contribution in [0.3, 0.4) is 0 Å². The van der Waals surface area contributed by atoms with Crippen LogP contribution in [-0.4, -0.2) is 63.1 Å². The summed E-state index contributed by atoms with van der Waals surface area (Å²) in [5, 5.41) is 0. The van der Waals surface area contributed by atoms with E-state index >= 15 is 0 Å². The lowest BCUT2D eigenvalue weighted by Gasteiger charge is -2.32. The van der Waals surface area contributed by atoms with Crippen LogP contribution in [0.25, 0.3) is 0 Å². The third kappa shape index (κ3) is 3.68. The number of rotatable bonds is 3. The molecule has 7 nitrogen and oxygen atoms in total. The van der Waals surface area contributed by atoms with Crippen LogP contribution in [-0.2, 0) is 19.5 Å². The molecule has 0 saturated carbocycles. The van der Waals surface area contributed by atoms with Crippen LogP contribution in [0.15, 0.2) is 9.39 Å². The van der Waals surface area contributed by atoms with E-state index in [1.807, 2.05) is 27.7 Å². The molecule has 9 heteroatoms. The van der Waals surface area contributed by atoms with Crippen LogP contribution in [0, 0.1) is 0 Å². The Morgan fingerprint density at radius 1 is 1.22 bits per heavy atom. The molecule has 2 rings (SSSR count). The van der Waals surface area contributed by atoms with Gasteiger partial charge in [-0.05, 0) is 41.0 Å². The van der Waals surface area contributed by atoms with Gasteiger partial charge in [0.2, 0.25) is 0 Å². The molecule has 2 aliphatic rings. The fourth-order valence-corrected chi connectivity index (χ4v) is 3.04. The minimum atomic E-state index is -3.66. The topological polar surface area (TPSA) is 80.6 Å². The zero-order chi connectivity index (χ0) is 17.6. The van der Waals surface area contributed by atoms with Crippen molar-refractivity contribution >= 4 is 28.8 Å². The molecule has 0 aliphatic carbocycles. The van der Waals surface area contributed by atoms with E-state index < -0.39 is 28.5 Å². The van der Waals surface area contributed by atoms with Gasteiger partial charge in [-0.15, -0.1) is 0 Å². The summed E-state index contributed by atoms with van der Waals surface area (Å²) >= 11 is 0. The lowest BCUT2D eigenvalue weighted by atomic mass is 9.68. The zero-order valence-electron chi connectivity index (χ0n) is 15.0. The second-order valence-electron chi connectivity index (χ2n) is 7.31. The number of hydrogen-bond acceptors (Lipinski definition) is 5. The van der Waals surface area contributed by atoms with Crippen LogP contribution in [0.5, 0.6) is 0 Å². The van der Waals surface area contributed by atoms with Crippen LogP contribution in [0.2, 0.25) is 5.82 Å². The van der Waals surface area contributed by atoms with Gasteiger partial charge in [0.05, 0.1) is 22.6 Å². The molecule has 0 N–H and O–H groups in total. The summed E-state index contributed by atoms with van der Waals surface area (Å²) in [4.78, 5) is 4.42. The predicted octanol–water partition coefficient (Wildman–Crippen LogP) is 1.56. The molecule has 0 aromatic carbocycles. The van der Waals surface area contributed by atoms with Crippen LogP contribution in [0.1, 0.15) is 41.0 Å². The number of nitrogens with zero attached hydrogens (tertiary/aromatic N) is 3. The highest BCUT2D eigenvalue weighted by molar-refractivity contribution is 7.88. The first-order valence-electron chi connectivity index (χ1n) is 7.74. The van der Waals surface area contributed by atoms with Crippen molar-refractivity contribution in [3.05, 3.63) is 0 Å². The van der Waals surface area contributed by atoms with Crippen LogP contribution >= 0.6 is 0 Å². The van der Waals surface area contributed by atoms with Gasteiger partial charge in [-0.25, -0.2) is 0 Å². The highest BCUT2D eigenvalue weighted by Gasteiger charge is 2.54. The smallest absolute Gasteiger partial charge is 0.403 e. The zero-order valence-corrected chi connectivity index (χ0v) is 15.8. The molecule has 0 aromatic heterocycles.